The maximum Gasteiger partial charge on any atom is 0.254 e. The molecule has 0 aliphatic carbocycles. The first-order valence-corrected chi connectivity index (χ1v) is 5.99. The highest BCUT2D eigenvalue weighted by Crippen LogP contribution is 2.28. The van der Waals surface area contributed by atoms with Gasteiger partial charge >= 0.3 is 0 Å². The summed E-state index contributed by atoms with van der Waals surface area (Å²) in [6, 6.07) is 0. The largest absolute Gasteiger partial charge is 0.461 e. The number of ether oxygens (including phenoxy) is 2. The first-order valence-electron chi connectivity index (χ1n) is 5.99. The Morgan fingerprint density at radius 3 is 2.70 bits per heavy atom. The van der Waals surface area contributed by atoms with Crippen LogP contribution >= 0.6 is 0 Å². The van der Waals surface area contributed by atoms with E-state index in [1.165, 1.54) is 12.4 Å². The van der Waals surface area contributed by atoms with Crippen molar-refractivity contribution >= 4 is 5.91 Å². The topological polar surface area (TPSA) is 135 Å². The molecule has 1 aliphatic rings. The first kappa shape index (κ1) is 14.7. The van der Waals surface area contributed by atoms with E-state index in [2.05, 4.69) is 4.98 Å². The van der Waals surface area contributed by atoms with Gasteiger partial charge in [0.25, 0.3) is 5.91 Å². The number of aliphatic hydroxyl groups excluding tert-OH is 3. The van der Waals surface area contributed by atoms with Gasteiger partial charge in [-0.05, 0) is 6.92 Å². The van der Waals surface area contributed by atoms with Crippen LogP contribution in [0.15, 0.2) is 12.4 Å². The second-order valence-electron chi connectivity index (χ2n) is 4.52. The Kier molecular flexibility index (Phi) is 4.19. The third-order valence-corrected chi connectivity index (χ3v) is 3.07. The van der Waals surface area contributed by atoms with Crippen molar-refractivity contribution in [3.8, 4) is 5.75 Å². The first-order chi connectivity index (χ1) is 9.45. The lowest BCUT2D eigenvalue weighted by Crippen LogP contribution is -2.36. The molecule has 1 aliphatic heterocycles. The third kappa shape index (κ3) is 2.59. The average molecular weight is 284 g/mol. The molecule has 1 amide bonds. The van der Waals surface area contributed by atoms with Crippen LogP contribution in [0.1, 0.15) is 15.9 Å². The molecule has 1 aromatic rings. The lowest BCUT2D eigenvalue weighted by Gasteiger charge is -2.19. The van der Waals surface area contributed by atoms with Crippen LogP contribution in [0.5, 0.6) is 5.75 Å². The fourth-order valence-electron chi connectivity index (χ4n) is 1.96. The van der Waals surface area contributed by atoms with Crippen molar-refractivity contribution in [2.75, 3.05) is 6.61 Å². The van der Waals surface area contributed by atoms with E-state index in [0.717, 1.165) is 0 Å². The van der Waals surface area contributed by atoms with Crippen molar-refractivity contribution in [1.29, 1.82) is 0 Å². The minimum absolute atomic E-state index is 0.0442. The van der Waals surface area contributed by atoms with Gasteiger partial charge in [-0.2, -0.15) is 0 Å². The molecule has 0 spiro atoms. The van der Waals surface area contributed by atoms with E-state index < -0.39 is 37.1 Å². The van der Waals surface area contributed by atoms with E-state index in [1.807, 2.05) is 0 Å². The highest BCUT2D eigenvalue weighted by molar-refractivity contribution is 5.95. The van der Waals surface area contributed by atoms with Gasteiger partial charge in [0.05, 0.1) is 12.2 Å². The number of rotatable bonds is 4. The van der Waals surface area contributed by atoms with Gasteiger partial charge in [0.1, 0.15) is 24.1 Å². The molecule has 1 saturated heterocycles. The van der Waals surface area contributed by atoms with Crippen molar-refractivity contribution in [2.45, 2.75) is 31.5 Å². The van der Waals surface area contributed by atoms with Crippen molar-refractivity contribution in [3.05, 3.63) is 23.5 Å². The van der Waals surface area contributed by atoms with E-state index in [4.69, 9.17) is 20.3 Å². The molecule has 0 radical (unpaired) electrons. The summed E-state index contributed by atoms with van der Waals surface area (Å²) < 4.78 is 10.6. The fraction of sp³-hybridized carbons (Fsp3) is 0.500. The summed E-state index contributed by atoms with van der Waals surface area (Å²) in [7, 11) is 0. The van der Waals surface area contributed by atoms with Crippen LogP contribution in [0.2, 0.25) is 0 Å². The summed E-state index contributed by atoms with van der Waals surface area (Å²) in [5.41, 5.74) is 5.79. The number of carbonyl (C=O) groups is 1. The van der Waals surface area contributed by atoms with Crippen LogP contribution < -0.4 is 10.5 Å². The van der Waals surface area contributed by atoms with Crippen LogP contribution in [0.4, 0.5) is 0 Å². The number of amides is 1. The molecule has 110 valence electrons. The van der Waals surface area contributed by atoms with E-state index in [0.29, 0.717) is 5.56 Å². The molecule has 8 nitrogen and oxygen atoms in total. The van der Waals surface area contributed by atoms with E-state index in [-0.39, 0.29) is 11.3 Å². The molecule has 2 heterocycles. The van der Waals surface area contributed by atoms with Crippen molar-refractivity contribution in [2.24, 2.45) is 5.73 Å². The number of aryl methyl sites for hydroxylation is 1. The quantitative estimate of drug-likeness (QED) is 0.518. The van der Waals surface area contributed by atoms with Crippen molar-refractivity contribution < 1.29 is 29.6 Å². The number of hydrogen-bond acceptors (Lipinski definition) is 7. The molecular formula is C12H16N2O6. The molecule has 2 rings (SSSR count). The maximum atomic E-state index is 11.3. The summed E-state index contributed by atoms with van der Waals surface area (Å²) >= 11 is 0. The Balaban J connectivity index is 2.25. The smallest absolute Gasteiger partial charge is 0.254 e. The predicted molar refractivity (Wildman–Crippen MR) is 65.9 cm³/mol. The Labute approximate surface area is 114 Å². The van der Waals surface area contributed by atoms with Gasteiger partial charge in [-0.1, -0.05) is 0 Å². The summed E-state index contributed by atoms with van der Waals surface area (Å²) in [4.78, 5) is 15.2. The molecular weight excluding hydrogens is 268 g/mol. The second kappa shape index (κ2) is 5.71. The molecule has 1 unspecified atom stereocenters. The summed E-state index contributed by atoms with van der Waals surface area (Å²) in [6.45, 7) is 1.19. The summed E-state index contributed by atoms with van der Waals surface area (Å²) in [6.07, 6.45) is -2.07. The Hall–Kier alpha value is -1.74. The molecule has 0 bridgehead atoms. The Morgan fingerprint density at radius 1 is 1.45 bits per heavy atom. The molecule has 5 N–H and O–H groups in total. The van der Waals surface area contributed by atoms with Gasteiger partial charge in [-0.25, -0.2) is 0 Å². The number of primary amides is 1. The Morgan fingerprint density at radius 2 is 2.15 bits per heavy atom. The maximum absolute atomic E-state index is 11.3. The Bertz CT molecular complexity index is 509. The van der Waals surface area contributed by atoms with Crippen LogP contribution in [0, 0.1) is 6.92 Å². The zero-order valence-electron chi connectivity index (χ0n) is 10.8. The predicted octanol–water partition coefficient (Wildman–Crippen LogP) is -1.69. The van der Waals surface area contributed by atoms with Crippen LogP contribution in [-0.4, -0.2) is 57.4 Å². The molecule has 0 aromatic carbocycles. The van der Waals surface area contributed by atoms with Crippen molar-refractivity contribution in [1.82, 2.24) is 4.98 Å². The number of aromatic nitrogens is 1. The lowest BCUT2D eigenvalue weighted by atomic mass is 10.1. The standard InChI is InChI=1S/C12H16N2O6/c1-5-2-14-3-6(11(13)18)10(5)20-12-9(17)8(16)7(4-15)19-12/h2-3,7-9,12,15-17H,4H2,1H3,(H2,13,18)/t7-,8-,9-,12?/m1/s1. The fourth-order valence-corrected chi connectivity index (χ4v) is 1.96. The minimum Gasteiger partial charge on any atom is -0.461 e. The summed E-state index contributed by atoms with van der Waals surface area (Å²) in [5, 5.41) is 28.4. The highest BCUT2D eigenvalue weighted by atomic mass is 16.7. The molecule has 4 atom stereocenters. The summed E-state index contributed by atoms with van der Waals surface area (Å²) in [5.74, 6) is -0.606. The number of nitrogens with zero attached hydrogens (tertiary/aromatic N) is 1. The van der Waals surface area contributed by atoms with Gasteiger partial charge in [0.15, 0.2) is 0 Å². The average Bonchev–Trinajstić information content (AvgIpc) is 2.68. The lowest BCUT2D eigenvalue weighted by molar-refractivity contribution is -0.116. The number of hydrogen-bond donors (Lipinski definition) is 4. The monoisotopic (exact) mass is 284 g/mol. The van der Waals surface area contributed by atoms with E-state index in [1.54, 1.807) is 6.92 Å². The zero-order chi connectivity index (χ0) is 14.9. The van der Waals surface area contributed by atoms with Crippen molar-refractivity contribution in [3.63, 3.8) is 0 Å². The molecule has 1 aromatic heterocycles. The number of nitrogens with two attached hydrogens (primary N) is 1. The van der Waals surface area contributed by atoms with Gasteiger partial charge in [-0.3, -0.25) is 9.78 Å². The number of carbonyl (C=O) groups excluding carboxylic acids is 1. The molecule has 0 saturated carbocycles. The SMILES string of the molecule is Cc1cncc(C(N)=O)c1OC1O[C@H](CO)[C@@H](O)[C@H]1O. The van der Waals surface area contributed by atoms with E-state index in [9.17, 15) is 15.0 Å². The third-order valence-electron chi connectivity index (χ3n) is 3.07. The number of aliphatic hydroxyl groups is 3. The normalized spacial score (nSPS) is 29.4. The molecule has 20 heavy (non-hydrogen) atoms. The van der Waals surface area contributed by atoms with Gasteiger partial charge in [0.2, 0.25) is 6.29 Å². The van der Waals surface area contributed by atoms with Gasteiger partial charge < -0.3 is 30.5 Å². The van der Waals surface area contributed by atoms with Gasteiger partial charge in [-0.15, -0.1) is 0 Å². The second-order valence-corrected chi connectivity index (χ2v) is 4.52. The van der Waals surface area contributed by atoms with Gasteiger partial charge in [0, 0.05) is 18.0 Å². The van der Waals surface area contributed by atoms with E-state index >= 15 is 0 Å². The van der Waals surface area contributed by atoms with Crippen LogP contribution in [0.3, 0.4) is 0 Å². The number of pyridine rings is 1. The zero-order valence-corrected chi connectivity index (χ0v) is 10.8. The highest BCUT2D eigenvalue weighted by Gasteiger charge is 2.44. The molecule has 8 heteroatoms. The van der Waals surface area contributed by atoms with Crippen LogP contribution in [0.25, 0.3) is 0 Å². The van der Waals surface area contributed by atoms with Crippen LogP contribution in [-0.2, 0) is 4.74 Å². The minimum atomic E-state index is -1.35. The molecule has 1 fully saturated rings.